The molecule has 2 N–H and O–H groups in total. The molecule has 0 aliphatic heterocycles. The van der Waals surface area contributed by atoms with Crippen LogP contribution in [0.5, 0.6) is 5.75 Å². The van der Waals surface area contributed by atoms with Gasteiger partial charge in [-0.3, -0.25) is 4.98 Å². The van der Waals surface area contributed by atoms with Gasteiger partial charge in [0.2, 0.25) is 0 Å². The average molecular weight is 445 g/mol. The highest BCUT2D eigenvalue weighted by molar-refractivity contribution is 6.44. The van der Waals surface area contributed by atoms with Crippen molar-refractivity contribution in [2.75, 3.05) is 5.32 Å². The van der Waals surface area contributed by atoms with Gasteiger partial charge in [-0.1, -0.05) is 59.1 Å². The number of benzene rings is 2. The fraction of sp³-hybridized carbons (Fsp3) is 0.0909. The van der Waals surface area contributed by atoms with Gasteiger partial charge in [0, 0.05) is 29.0 Å². The predicted octanol–water partition coefficient (Wildman–Crippen LogP) is 6.81. The summed E-state index contributed by atoms with van der Waals surface area (Å²) in [7, 11) is 0. The van der Waals surface area contributed by atoms with Crippen molar-refractivity contribution in [2.24, 2.45) is 0 Å². The minimum Gasteiger partial charge on any atom is -0.505 e. The standard InChI is InChI=1S/C22H16Cl3N3O/c1-12-4-5-13-6-7-15(22(29)21(13)27-12)20(14-3-2-8-26-11-14)28-19-10-17(24)16(23)9-18(19)25/h2-11,20,28-29H,1H3. The molecule has 0 bridgehead atoms. The first-order valence-electron chi connectivity index (χ1n) is 8.84. The van der Waals surface area contributed by atoms with Crippen molar-refractivity contribution >= 4 is 51.4 Å². The third-order valence-corrected chi connectivity index (χ3v) is 5.68. The number of aromatic hydroxyl groups is 1. The summed E-state index contributed by atoms with van der Waals surface area (Å²) in [4.78, 5) is 8.72. The zero-order chi connectivity index (χ0) is 20.5. The maximum absolute atomic E-state index is 11.0. The van der Waals surface area contributed by atoms with Gasteiger partial charge in [-0.05, 0) is 36.8 Å². The summed E-state index contributed by atoms with van der Waals surface area (Å²) < 4.78 is 0. The molecule has 0 fully saturated rings. The molecule has 4 nitrogen and oxygen atoms in total. The Balaban J connectivity index is 1.87. The molecule has 0 amide bonds. The zero-order valence-electron chi connectivity index (χ0n) is 15.3. The Labute approximate surface area is 183 Å². The van der Waals surface area contributed by atoms with Crippen LogP contribution in [0.1, 0.15) is 22.9 Å². The van der Waals surface area contributed by atoms with E-state index in [1.165, 1.54) is 0 Å². The van der Waals surface area contributed by atoms with Crippen LogP contribution in [0.2, 0.25) is 15.1 Å². The lowest BCUT2D eigenvalue weighted by atomic mass is 9.97. The topological polar surface area (TPSA) is 58.0 Å². The lowest BCUT2D eigenvalue weighted by molar-refractivity contribution is 0.471. The van der Waals surface area contributed by atoms with Crippen molar-refractivity contribution in [2.45, 2.75) is 13.0 Å². The van der Waals surface area contributed by atoms with Gasteiger partial charge in [0.15, 0.2) is 0 Å². The lowest BCUT2D eigenvalue weighted by Crippen LogP contribution is -2.13. The highest BCUT2D eigenvalue weighted by Gasteiger charge is 2.21. The van der Waals surface area contributed by atoms with Gasteiger partial charge in [-0.25, -0.2) is 4.98 Å². The second kappa shape index (κ2) is 8.07. The molecule has 4 aromatic rings. The molecule has 29 heavy (non-hydrogen) atoms. The number of nitrogens with one attached hydrogen (secondary N) is 1. The van der Waals surface area contributed by atoms with Gasteiger partial charge in [-0.2, -0.15) is 0 Å². The Hall–Kier alpha value is -2.53. The third-order valence-electron chi connectivity index (χ3n) is 4.64. The molecule has 1 atom stereocenters. The van der Waals surface area contributed by atoms with Gasteiger partial charge in [-0.15, -0.1) is 0 Å². The van der Waals surface area contributed by atoms with Crippen LogP contribution in [0, 0.1) is 6.92 Å². The molecule has 0 radical (unpaired) electrons. The number of aryl methyl sites for hydroxylation is 1. The van der Waals surface area contributed by atoms with Gasteiger partial charge < -0.3 is 10.4 Å². The van der Waals surface area contributed by atoms with Gasteiger partial charge in [0.25, 0.3) is 0 Å². The molecule has 4 rings (SSSR count). The molecular weight excluding hydrogens is 429 g/mol. The first-order valence-corrected chi connectivity index (χ1v) is 9.97. The van der Waals surface area contributed by atoms with Crippen LogP contribution in [0.3, 0.4) is 0 Å². The summed E-state index contributed by atoms with van der Waals surface area (Å²) >= 11 is 18.6. The number of hydrogen-bond acceptors (Lipinski definition) is 4. The van der Waals surface area contributed by atoms with Crippen molar-refractivity contribution in [3.05, 3.63) is 92.8 Å². The minimum absolute atomic E-state index is 0.101. The fourth-order valence-corrected chi connectivity index (χ4v) is 3.80. The van der Waals surface area contributed by atoms with Crippen molar-refractivity contribution in [1.29, 1.82) is 0 Å². The highest BCUT2D eigenvalue weighted by atomic mass is 35.5. The Morgan fingerprint density at radius 1 is 0.966 bits per heavy atom. The van der Waals surface area contributed by atoms with E-state index in [4.69, 9.17) is 34.8 Å². The van der Waals surface area contributed by atoms with Crippen molar-refractivity contribution in [3.8, 4) is 5.75 Å². The molecule has 2 aromatic carbocycles. The monoisotopic (exact) mass is 443 g/mol. The Morgan fingerprint density at radius 2 is 1.72 bits per heavy atom. The van der Waals surface area contributed by atoms with Gasteiger partial charge >= 0.3 is 0 Å². The molecule has 0 saturated carbocycles. The molecule has 0 saturated heterocycles. The number of rotatable bonds is 4. The molecule has 146 valence electrons. The number of phenolic OH excluding ortho intramolecular Hbond substituents is 1. The smallest absolute Gasteiger partial charge is 0.147 e. The number of hydrogen-bond donors (Lipinski definition) is 2. The summed E-state index contributed by atoms with van der Waals surface area (Å²) in [5.41, 5.74) is 3.44. The first-order chi connectivity index (χ1) is 13.9. The van der Waals surface area contributed by atoms with E-state index >= 15 is 0 Å². The number of nitrogens with zero attached hydrogens (tertiary/aromatic N) is 2. The lowest BCUT2D eigenvalue weighted by Gasteiger charge is -2.23. The van der Waals surface area contributed by atoms with E-state index < -0.39 is 6.04 Å². The van der Waals surface area contributed by atoms with Gasteiger partial charge in [0.1, 0.15) is 11.3 Å². The molecular formula is C22H16Cl3N3O. The van der Waals surface area contributed by atoms with Crippen LogP contribution < -0.4 is 5.32 Å². The Morgan fingerprint density at radius 3 is 2.48 bits per heavy atom. The average Bonchev–Trinajstić information content (AvgIpc) is 2.71. The minimum atomic E-state index is -0.440. The summed E-state index contributed by atoms with van der Waals surface area (Å²) in [5.74, 6) is 0.101. The maximum atomic E-state index is 11.0. The van der Waals surface area contributed by atoms with Crippen LogP contribution in [0.25, 0.3) is 10.9 Å². The summed E-state index contributed by atoms with van der Waals surface area (Å²) in [6.45, 7) is 1.89. The van der Waals surface area contributed by atoms with E-state index in [9.17, 15) is 5.11 Å². The van der Waals surface area contributed by atoms with Crippen LogP contribution in [0.4, 0.5) is 5.69 Å². The molecule has 0 spiro atoms. The number of aromatic nitrogens is 2. The molecule has 0 aliphatic rings. The van der Waals surface area contributed by atoms with E-state index in [2.05, 4.69) is 15.3 Å². The SMILES string of the molecule is Cc1ccc2ccc(C(Nc3cc(Cl)c(Cl)cc3Cl)c3cccnc3)c(O)c2n1. The number of fused-ring (bicyclic) bond motifs is 1. The summed E-state index contributed by atoms with van der Waals surface area (Å²) in [5, 5.41) is 16.4. The molecule has 2 aromatic heterocycles. The molecule has 1 unspecified atom stereocenters. The van der Waals surface area contributed by atoms with Crippen LogP contribution in [0.15, 0.2) is 60.9 Å². The van der Waals surface area contributed by atoms with Crippen LogP contribution in [-0.2, 0) is 0 Å². The quantitative estimate of drug-likeness (QED) is 0.340. The van der Waals surface area contributed by atoms with E-state index in [-0.39, 0.29) is 5.75 Å². The van der Waals surface area contributed by atoms with Crippen LogP contribution >= 0.6 is 34.8 Å². The van der Waals surface area contributed by atoms with E-state index in [1.807, 2.05) is 43.3 Å². The van der Waals surface area contributed by atoms with Gasteiger partial charge in [0.05, 0.1) is 26.8 Å². The second-order valence-electron chi connectivity index (χ2n) is 6.64. The largest absolute Gasteiger partial charge is 0.505 e. The highest BCUT2D eigenvalue weighted by Crippen LogP contribution is 2.39. The number of phenols is 1. The van der Waals surface area contributed by atoms with E-state index in [1.54, 1.807) is 24.5 Å². The number of halogens is 3. The van der Waals surface area contributed by atoms with E-state index in [0.717, 1.165) is 16.6 Å². The normalized spacial score (nSPS) is 12.1. The molecule has 7 heteroatoms. The third kappa shape index (κ3) is 3.97. The predicted molar refractivity (Wildman–Crippen MR) is 119 cm³/mol. The first kappa shape index (κ1) is 19.8. The number of pyridine rings is 2. The fourth-order valence-electron chi connectivity index (χ4n) is 3.20. The van der Waals surface area contributed by atoms with E-state index in [0.29, 0.717) is 31.8 Å². The van der Waals surface area contributed by atoms with Crippen molar-refractivity contribution in [3.63, 3.8) is 0 Å². The maximum Gasteiger partial charge on any atom is 0.147 e. The summed E-state index contributed by atoms with van der Waals surface area (Å²) in [6.07, 6.45) is 3.42. The molecule has 0 aliphatic carbocycles. The van der Waals surface area contributed by atoms with Crippen LogP contribution in [-0.4, -0.2) is 15.1 Å². The van der Waals surface area contributed by atoms with Crippen molar-refractivity contribution < 1.29 is 5.11 Å². The number of anilines is 1. The molecule has 2 heterocycles. The summed E-state index contributed by atoms with van der Waals surface area (Å²) in [6, 6.07) is 14.2. The Bertz CT molecular complexity index is 1200. The Kier molecular flexibility index (Phi) is 5.50. The van der Waals surface area contributed by atoms with Crippen molar-refractivity contribution in [1.82, 2.24) is 9.97 Å². The zero-order valence-corrected chi connectivity index (χ0v) is 17.6. The second-order valence-corrected chi connectivity index (χ2v) is 7.86.